The van der Waals surface area contributed by atoms with Crippen LogP contribution in [0.4, 0.5) is 5.95 Å². The molecule has 0 aliphatic carbocycles. The number of aromatic nitrogens is 2. The normalized spacial score (nSPS) is 11.1. The summed E-state index contributed by atoms with van der Waals surface area (Å²) in [4.78, 5) is 7.97. The third-order valence-electron chi connectivity index (χ3n) is 3.02. The lowest BCUT2D eigenvalue weighted by Crippen LogP contribution is -2.15. The molecule has 1 N–H and O–H groups in total. The van der Waals surface area contributed by atoms with Crippen LogP contribution in [0.2, 0.25) is 0 Å². The van der Waals surface area contributed by atoms with Crippen LogP contribution in [0, 0.1) is 0 Å². The van der Waals surface area contributed by atoms with Crippen LogP contribution in [0.25, 0.3) is 0 Å². The quantitative estimate of drug-likeness (QED) is 0.642. The van der Waals surface area contributed by atoms with Crippen LogP contribution in [0.15, 0.2) is 41.6 Å². The SMILES string of the molecule is CCCOc1cnc(NS(=O)(=O)c2ccc(OCCOC)cc2)nc1. The maximum Gasteiger partial charge on any atom is 0.264 e. The number of sulfonamides is 1. The molecule has 0 bridgehead atoms. The van der Waals surface area contributed by atoms with Crippen molar-refractivity contribution in [1.82, 2.24) is 9.97 Å². The van der Waals surface area contributed by atoms with E-state index >= 15 is 0 Å². The highest BCUT2D eigenvalue weighted by Crippen LogP contribution is 2.18. The van der Waals surface area contributed by atoms with Crippen LogP contribution in [-0.2, 0) is 14.8 Å². The van der Waals surface area contributed by atoms with E-state index in [1.807, 2.05) is 6.92 Å². The van der Waals surface area contributed by atoms with Gasteiger partial charge in [0.2, 0.25) is 5.95 Å². The lowest BCUT2D eigenvalue weighted by molar-refractivity contribution is 0.146. The predicted octanol–water partition coefficient (Wildman–Crippen LogP) is 2.09. The third kappa shape index (κ3) is 5.87. The van der Waals surface area contributed by atoms with Crippen molar-refractivity contribution in [3.8, 4) is 11.5 Å². The van der Waals surface area contributed by atoms with Crippen LogP contribution in [0.3, 0.4) is 0 Å². The van der Waals surface area contributed by atoms with Gasteiger partial charge in [0.05, 0.1) is 30.5 Å². The van der Waals surface area contributed by atoms with Gasteiger partial charge in [-0.1, -0.05) is 6.92 Å². The second-order valence-corrected chi connectivity index (χ2v) is 6.69. The topological polar surface area (TPSA) is 99.6 Å². The van der Waals surface area contributed by atoms with Crippen molar-refractivity contribution in [1.29, 1.82) is 0 Å². The molecular weight excluding hydrogens is 346 g/mol. The first kappa shape index (κ1) is 18.9. The molecule has 0 saturated carbocycles. The van der Waals surface area contributed by atoms with Crippen LogP contribution in [-0.4, -0.2) is 45.3 Å². The Hall–Kier alpha value is -2.39. The molecule has 0 amide bonds. The minimum atomic E-state index is -3.78. The summed E-state index contributed by atoms with van der Waals surface area (Å²) in [5, 5.41) is 0. The average molecular weight is 367 g/mol. The van der Waals surface area contributed by atoms with Gasteiger partial charge in [-0.15, -0.1) is 0 Å². The number of nitrogens with zero attached hydrogens (tertiary/aromatic N) is 2. The molecule has 1 heterocycles. The van der Waals surface area contributed by atoms with Gasteiger partial charge in [-0.05, 0) is 30.7 Å². The molecule has 0 saturated heterocycles. The number of hydrogen-bond donors (Lipinski definition) is 1. The lowest BCUT2D eigenvalue weighted by Gasteiger charge is -2.09. The molecule has 9 heteroatoms. The Balaban J connectivity index is 2.00. The zero-order valence-corrected chi connectivity index (χ0v) is 15.0. The van der Waals surface area contributed by atoms with E-state index in [1.165, 1.54) is 24.5 Å². The smallest absolute Gasteiger partial charge is 0.264 e. The van der Waals surface area contributed by atoms with E-state index in [-0.39, 0.29) is 10.8 Å². The van der Waals surface area contributed by atoms with Gasteiger partial charge in [0, 0.05) is 7.11 Å². The van der Waals surface area contributed by atoms with Gasteiger partial charge in [-0.25, -0.2) is 23.1 Å². The molecule has 0 atom stereocenters. The minimum absolute atomic E-state index is 0.0238. The summed E-state index contributed by atoms with van der Waals surface area (Å²) in [6.07, 6.45) is 3.71. The molecule has 2 aromatic rings. The number of rotatable bonds is 10. The van der Waals surface area contributed by atoms with Crippen LogP contribution in [0.1, 0.15) is 13.3 Å². The molecule has 8 nitrogen and oxygen atoms in total. The lowest BCUT2D eigenvalue weighted by atomic mass is 10.3. The summed E-state index contributed by atoms with van der Waals surface area (Å²) in [6.45, 7) is 3.38. The number of nitrogens with one attached hydrogen (secondary N) is 1. The van der Waals surface area contributed by atoms with E-state index in [0.717, 1.165) is 6.42 Å². The zero-order valence-electron chi connectivity index (χ0n) is 14.1. The summed E-state index contributed by atoms with van der Waals surface area (Å²) in [6, 6.07) is 6.05. The molecule has 0 fully saturated rings. The van der Waals surface area contributed by atoms with E-state index in [0.29, 0.717) is 31.3 Å². The fraction of sp³-hybridized carbons (Fsp3) is 0.375. The molecule has 136 valence electrons. The molecule has 0 spiro atoms. The van der Waals surface area contributed by atoms with Gasteiger partial charge in [0.25, 0.3) is 10.0 Å². The van der Waals surface area contributed by atoms with Gasteiger partial charge in [-0.2, -0.15) is 0 Å². The van der Waals surface area contributed by atoms with Crippen molar-refractivity contribution in [2.45, 2.75) is 18.2 Å². The highest BCUT2D eigenvalue weighted by molar-refractivity contribution is 7.92. The van der Waals surface area contributed by atoms with Crippen molar-refractivity contribution >= 4 is 16.0 Å². The number of hydrogen-bond acceptors (Lipinski definition) is 7. The first-order chi connectivity index (χ1) is 12.0. The summed E-state index contributed by atoms with van der Waals surface area (Å²) >= 11 is 0. The molecular formula is C16H21N3O5S. The Bertz CT molecular complexity index is 748. The Kier molecular flexibility index (Phi) is 6.96. The number of anilines is 1. The minimum Gasteiger partial charge on any atom is -0.491 e. The molecule has 1 aromatic carbocycles. The standard InChI is InChI=1S/C16H21N3O5S/c1-3-8-23-14-11-17-16(18-12-14)19-25(20,21)15-6-4-13(5-7-15)24-10-9-22-2/h4-7,11-12H,3,8-10H2,1-2H3,(H,17,18,19). The van der Waals surface area contributed by atoms with Crippen molar-refractivity contribution in [2.24, 2.45) is 0 Å². The molecule has 0 aliphatic rings. The summed E-state index contributed by atoms with van der Waals surface area (Å²) in [5.41, 5.74) is 0. The van der Waals surface area contributed by atoms with Gasteiger partial charge in [-0.3, -0.25) is 0 Å². The summed E-state index contributed by atoms with van der Waals surface area (Å²) < 4.78 is 42.7. The molecule has 25 heavy (non-hydrogen) atoms. The highest BCUT2D eigenvalue weighted by Gasteiger charge is 2.15. The zero-order chi connectivity index (χ0) is 18.1. The first-order valence-electron chi connectivity index (χ1n) is 7.74. The van der Waals surface area contributed by atoms with Gasteiger partial charge in [0.15, 0.2) is 5.75 Å². The number of methoxy groups -OCH3 is 1. The van der Waals surface area contributed by atoms with Crippen LogP contribution >= 0.6 is 0 Å². The van der Waals surface area contributed by atoms with Crippen molar-refractivity contribution in [3.63, 3.8) is 0 Å². The van der Waals surface area contributed by atoms with Crippen molar-refractivity contribution < 1.29 is 22.6 Å². The Labute approximate surface area is 147 Å². The molecule has 0 radical (unpaired) electrons. The van der Waals surface area contributed by atoms with Crippen molar-refractivity contribution in [3.05, 3.63) is 36.7 Å². The maximum atomic E-state index is 12.3. The van der Waals surface area contributed by atoms with Gasteiger partial charge in [0.1, 0.15) is 12.4 Å². The second kappa shape index (κ2) is 9.19. The molecule has 2 rings (SSSR count). The Morgan fingerprint density at radius 2 is 1.60 bits per heavy atom. The van der Waals surface area contributed by atoms with E-state index in [9.17, 15) is 8.42 Å². The first-order valence-corrected chi connectivity index (χ1v) is 9.23. The Morgan fingerprint density at radius 1 is 0.960 bits per heavy atom. The Morgan fingerprint density at radius 3 is 2.20 bits per heavy atom. The fourth-order valence-electron chi connectivity index (χ4n) is 1.80. The monoisotopic (exact) mass is 367 g/mol. The average Bonchev–Trinajstić information content (AvgIpc) is 2.61. The number of benzene rings is 1. The fourth-order valence-corrected chi connectivity index (χ4v) is 2.76. The summed E-state index contributed by atoms with van der Waals surface area (Å²) in [7, 11) is -2.20. The van der Waals surface area contributed by atoms with E-state index < -0.39 is 10.0 Å². The highest BCUT2D eigenvalue weighted by atomic mass is 32.2. The predicted molar refractivity (Wildman–Crippen MR) is 92.4 cm³/mol. The van der Waals surface area contributed by atoms with Gasteiger partial charge >= 0.3 is 0 Å². The van der Waals surface area contributed by atoms with Gasteiger partial charge < -0.3 is 14.2 Å². The molecule has 0 unspecified atom stereocenters. The van der Waals surface area contributed by atoms with E-state index in [4.69, 9.17) is 14.2 Å². The third-order valence-corrected chi connectivity index (χ3v) is 4.36. The largest absolute Gasteiger partial charge is 0.491 e. The van der Waals surface area contributed by atoms with E-state index in [1.54, 1.807) is 19.2 Å². The second-order valence-electron chi connectivity index (χ2n) is 5.01. The maximum absolute atomic E-state index is 12.3. The summed E-state index contributed by atoms with van der Waals surface area (Å²) in [5.74, 6) is 1.02. The van der Waals surface area contributed by atoms with E-state index in [2.05, 4.69) is 14.7 Å². The number of ether oxygens (including phenoxy) is 3. The molecule has 0 aliphatic heterocycles. The van der Waals surface area contributed by atoms with Crippen LogP contribution < -0.4 is 14.2 Å². The van der Waals surface area contributed by atoms with Crippen LogP contribution in [0.5, 0.6) is 11.5 Å². The molecule has 1 aromatic heterocycles. The van der Waals surface area contributed by atoms with Crippen molar-refractivity contribution in [2.75, 3.05) is 31.7 Å².